The summed E-state index contributed by atoms with van der Waals surface area (Å²) in [7, 11) is 0. The summed E-state index contributed by atoms with van der Waals surface area (Å²) in [6, 6.07) is 11.9. The second kappa shape index (κ2) is 5.68. The maximum Gasteiger partial charge on any atom is 0.0294 e. The van der Waals surface area contributed by atoms with E-state index < -0.39 is 0 Å². The molecule has 17 heavy (non-hydrogen) atoms. The summed E-state index contributed by atoms with van der Waals surface area (Å²) in [5, 5.41) is 3.81. The van der Waals surface area contributed by atoms with Crippen molar-refractivity contribution in [3.8, 4) is 0 Å². The van der Waals surface area contributed by atoms with Crippen LogP contribution in [0, 0.1) is 11.8 Å². The minimum atomic E-state index is 0.469. The maximum atomic E-state index is 3.81. The molecule has 1 aliphatic rings. The van der Waals surface area contributed by atoms with Crippen LogP contribution in [0.3, 0.4) is 0 Å². The van der Waals surface area contributed by atoms with Gasteiger partial charge in [0.25, 0.3) is 0 Å². The average molecular weight is 231 g/mol. The number of hydrogen-bond donors (Lipinski definition) is 1. The van der Waals surface area contributed by atoms with Crippen molar-refractivity contribution in [3.63, 3.8) is 0 Å². The highest BCUT2D eigenvalue weighted by molar-refractivity contribution is 5.18. The Bertz CT molecular complexity index is 333. The van der Waals surface area contributed by atoms with E-state index in [9.17, 15) is 0 Å². The molecule has 0 aromatic heterocycles. The largest absolute Gasteiger partial charge is 0.307 e. The van der Waals surface area contributed by atoms with Gasteiger partial charge < -0.3 is 5.32 Å². The molecule has 0 radical (unpaired) electrons. The first-order valence-electron chi connectivity index (χ1n) is 6.98. The summed E-state index contributed by atoms with van der Waals surface area (Å²) in [4.78, 5) is 0. The van der Waals surface area contributed by atoms with Crippen LogP contribution in [0.5, 0.6) is 0 Å². The van der Waals surface area contributed by atoms with E-state index in [2.05, 4.69) is 56.4 Å². The summed E-state index contributed by atoms with van der Waals surface area (Å²) >= 11 is 0. The van der Waals surface area contributed by atoms with Gasteiger partial charge in [0.05, 0.1) is 0 Å². The molecule has 0 heterocycles. The Kier molecular flexibility index (Phi) is 4.22. The van der Waals surface area contributed by atoms with E-state index in [0.717, 1.165) is 11.8 Å². The highest BCUT2D eigenvalue weighted by Gasteiger charge is 2.26. The third-order valence-corrected chi connectivity index (χ3v) is 4.20. The SMILES string of the molecule is CC1CCC(N[C@@H](C)c2ccccc2)C(C)C1. The minimum Gasteiger partial charge on any atom is -0.307 e. The fourth-order valence-electron chi connectivity index (χ4n) is 3.07. The Morgan fingerprint density at radius 1 is 1.12 bits per heavy atom. The van der Waals surface area contributed by atoms with Crippen molar-refractivity contribution in [2.45, 2.75) is 52.1 Å². The first kappa shape index (κ1) is 12.6. The number of benzene rings is 1. The molecule has 0 amide bonds. The lowest BCUT2D eigenvalue weighted by Crippen LogP contribution is -2.40. The zero-order valence-electron chi connectivity index (χ0n) is 11.3. The molecular formula is C16H25N. The van der Waals surface area contributed by atoms with E-state index in [1.165, 1.54) is 24.8 Å². The van der Waals surface area contributed by atoms with E-state index in [0.29, 0.717) is 12.1 Å². The standard InChI is InChI=1S/C16H25N/c1-12-9-10-16(13(2)11-12)17-14(3)15-7-5-4-6-8-15/h4-8,12-14,16-17H,9-11H2,1-3H3/t12?,13?,14-,16?/m0/s1. The van der Waals surface area contributed by atoms with Gasteiger partial charge in [-0.2, -0.15) is 0 Å². The smallest absolute Gasteiger partial charge is 0.0294 e. The molecule has 1 fully saturated rings. The Hall–Kier alpha value is -0.820. The zero-order valence-corrected chi connectivity index (χ0v) is 11.3. The van der Waals surface area contributed by atoms with Crippen LogP contribution in [0.1, 0.15) is 51.6 Å². The minimum absolute atomic E-state index is 0.469. The van der Waals surface area contributed by atoms with Crippen molar-refractivity contribution in [1.82, 2.24) is 5.32 Å². The van der Waals surface area contributed by atoms with Crippen LogP contribution in [0.4, 0.5) is 0 Å². The molecule has 1 aromatic carbocycles. The molecule has 1 aliphatic carbocycles. The van der Waals surface area contributed by atoms with Gasteiger partial charge in [0.2, 0.25) is 0 Å². The lowest BCUT2D eigenvalue weighted by atomic mass is 9.79. The Morgan fingerprint density at radius 3 is 2.47 bits per heavy atom. The van der Waals surface area contributed by atoms with Crippen molar-refractivity contribution in [1.29, 1.82) is 0 Å². The first-order valence-corrected chi connectivity index (χ1v) is 6.98. The summed E-state index contributed by atoms with van der Waals surface area (Å²) in [5.74, 6) is 1.72. The van der Waals surface area contributed by atoms with Gasteiger partial charge in [0, 0.05) is 12.1 Å². The highest BCUT2D eigenvalue weighted by atomic mass is 15.0. The van der Waals surface area contributed by atoms with Crippen LogP contribution in [0.25, 0.3) is 0 Å². The van der Waals surface area contributed by atoms with Gasteiger partial charge in [-0.3, -0.25) is 0 Å². The predicted molar refractivity (Wildman–Crippen MR) is 74.0 cm³/mol. The molecule has 2 rings (SSSR count). The van der Waals surface area contributed by atoms with Gasteiger partial charge in [-0.1, -0.05) is 44.2 Å². The van der Waals surface area contributed by atoms with E-state index in [-0.39, 0.29) is 0 Å². The molecule has 1 nitrogen and oxygen atoms in total. The Labute approximate surface area is 106 Å². The van der Waals surface area contributed by atoms with Crippen molar-refractivity contribution >= 4 is 0 Å². The van der Waals surface area contributed by atoms with Crippen molar-refractivity contribution in [2.24, 2.45) is 11.8 Å². The third kappa shape index (κ3) is 3.32. The molecule has 1 saturated carbocycles. The molecule has 94 valence electrons. The van der Waals surface area contributed by atoms with Gasteiger partial charge in [-0.15, -0.1) is 0 Å². The average Bonchev–Trinajstić information content (AvgIpc) is 2.34. The second-order valence-corrected chi connectivity index (χ2v) is 5.80. The van der Waals surface area contributed by atoms with Crippen LogP contribution < -0.4 is 5.32 Å². The summed E-state index contributed by atoms with van der Waals surface area (Å²) in [6.07, 6.45) is 4.09. The van der Waals surface area contributed by atoms with E-state index >= 15 is 0 Å². The molecule has 1 heteroatoms. The summed E-state index contributed by atoms with van der Waals surface area (Å²) in [5.41, 5.74) is 1.40. The quantitative estimate of drug-likeness (QED) is 0.823. The monoisotopic (exact) mass is 231 g/mol. The molecule has 0 saturated heterocycles. The van der Waals surface area contributed by atoms with Crippen LogP contribution in [0.2, 0.25) is 0 Å². The maximum absolute atomic E-state index is 3.81. The predicted octanol–water partition coefficient (Wildman–Crippen LogP) is 4.16. The van der Waals surface area contributed by atoms with Crippen molar-refractivity contribution < 1.29 is 0 Å². The molecule has 3 unspecified atom stereocenters. The van der Waals surface area contributed by atoms with Gasteiger partial charge >= 0.3 is 0 Å². The van der Waals surface area contributed by atoms with Gasteiger partial charge in [0.1, 0.15) is 0 Å². The molecule has 0 aliphatic heterocycles. The molecule has 1 aromatic rings. The highest BCUT2D eigenvalue weighted by Crippen LogP contribution is 2.30. The summed E-state index contributed by atoms with van der Waals surface area (Å²) < 4.78 is 0. The Balaban J connectivity index is 1.93. The first-order chi connectivity index (χ1) is 8.16. The molecule has 4 atom stereocenters. The van der Waals surface area contributed by atoms with Gasteiger partial charge in [-0.05, 0) is 43.6 Å². The topological polar surface area (TPSA) is 12.0 Å². The molecule has 0 spiro atoms. The zero-order chi connectivity index (χ0) is 12.3. The van der Waals surface area contributed by atoms with Crippen LogP contribution >= 0.6 is 0 Å². The number of hydrogen-bond acceptors (Lipinski definition) is 1. The lowest BCUT2D eigenvalue weighted by molar-refractivity contribution is 0.216. The second-order valence-electron chi connectivity index (χ2n) is 5.80. The Morgan fingerprint density at radius 2 is 1.82 bits per heavy atom. The van der Waals surface area contributed by atoms with Crippen molar-refractivity contribution in [3.05, 3.63) is 35.9 Å². The molecule has 1 N–H and O–H groups in total. The van der Waals surface area contributed by atoms with E-state index in [1.54, 1.807) is 0 Å². The number of nitrogens with one attached hydrogen (secondary N) is 1. The normalized spacial score (nSPS) is 31.1. The van der Waals surface area contributed by atoms with Gasteiger partial charge in [0.15, 0.2) is 0 Å². The van der Waals surface area contributed by atoms with E-state index in [4.69, 9.17) is 0 Å². The fraction of sp³-hybridized carbons (Fsp3) is 0.625. The van der Waals surface area contributed by atoms with Crippen molar-refractivity contribution in [2.75, 3.05) is 0 Å². The molecular weight excluding hydrogens is 206 g/mol. The van der Waals surface area contributed by atoms with Crippen LogP contribution in [0.15, 0.2) is 30.3 Å². The molecule has 0 bridgehead atoms. The third-order valence-electron chi connectivity index (χ3n) is 4.20. The van der Waals surface area contributed by atoms with E-state index in [1.807, 2.05) is 0 Å². The summed E-state index contributed by atoms with van der Waals surface area (Å²) in [6.45, 7) is 7.05. The number of rotatable bonds is 3. The van der Waals surface area contributed by atoms with Crippen LogP contribution in [-0.2, 0) is 0 Å². The fourth-order valence-corrected chi connectivity index (χ4v) is 3.07. The van der Waals surface area contributed by atoms with Crippen LogP contribution in [-0.4, -0.2) is 6.04 Å². The lowest BCUT2D eigenvalue weighted by Gasteiger charge is -2.35. The van der Waals surface area contributed by atoms with Gasteiger partial charge in [-0.25, -0.2) is 0 Å².